The van der Waals surface area contributed by atoms with Gasteiger partial charge in [0.05, 0.1) is 5.60 Å². The molecule has 0 amide bonds. The van der Waals surface area contributed by atoms with Crippen LogP contribution in [0.15, 0.2) is 18.2 Å². The normalized spacial score (nSPS) is 25.3. The van der Waals surface area contributed by atoms with Crippen molar-refractivity contribution >= 4 is 0 Å². The van der Waals surface area contributed by atoms with Gasteiger partial charge < -0.3 is 10.1 Å². The Morgan fingerprint density at radius 3 is 2.84 bits per heavy atom. The second-order valence-electron chi connectivity index (χ2n) is 5.69. The van der Waals surface area contributed by atoms with Gasteiger partial charge in [-0.3, -0.25) is 0 Å². The predicted molar refractivity (Wildman–Crippen MR) is 68.8 cm³/mol. The first-order chi connectivity index (χ1) is 9.17. The van der Waals surface area contributed by atoms with Crippen molar-refractivity contribution in [1.29, 1.82) is 0 Å². The van der Waals surface area contributed by atoms with Crippen LogP contribution in [0.4, 0.5) is 8.78 Å². The number of nitrogens with one attached hydrogen (secondary N) is 1. The van der Waals surface area contributed by atoms with Crippen molar-refractivity contribution < 1.29 is 13.5 Å². The Hall–Kier alpha value is -1.00. The molecule has 1 saturated carbocycles. The van der Waals surface area contributed by atoms with E-state index in [1.165, 1.54) is 18.6 Å². The first-order valence-electron chi connectivity index (χ1n) is 6.98. The average Bonchev–Trinajstić information content (AvgIpc) is 2.36. The Labute approximate surface area is 112 Å². The van der Waals surface area contributed by atoms with Crippen molar-refractivity contribution in [3.8, 4) is 0 Å². The minimum Gasteiger partial charge on any atom is -0.375 e. The third-order valence-corrected chi connectivity index (χ3v) is 4.35. The summed E-state index contributed by atoms with van der Waals surface area (Å²) < 4.78 is 32.2. The molecular weight excluding hydrogens is 248 g/mol. The Bertz CT molecular complexity index is 459. The van der Waals surface area contributed by atoms with Gasteiger partial charge in [0.25, 0.3) is 0 Å². The molecule has 1 unspecified atom stereocenters. The Kier molecular flexibility index (Phi) is 3.54. The molecule has 19 heavy (non-hydrogen) atoms. The number of benzene rings is 1. The molecule has 1 aliphatic carbocycles. The maximum atomic E-state index is 13.5. The fraction of sp³-hybridized carbons (Fsp3) is 0.600. The van der Waals surface area contributed by atoms with Gasteiger partial charge in [0.2, 0.25) is 0 Å². The molecule has 2 fully saturated rings. The number of hydrogen-bond acceptors (Lipinski definition) is 2. The number of hydrogen-bond donors (Lipinski definition) is 1. The molecule has 1 saturated heterocycles. The molecular formula is C15H19F2NO. The van der Waals surface area contributed by atoms with Gasteiger partial charge >= 0.3 is 0 Å². The average molecular weight is 267 g/mol. The summed E-state index contributed by atoms with van der Waals surface area (Å²) in [4.78, 5) is 0. The summed E-state index contributed by atoms with van der Waals surface area (Å²) in [5.74, 6) is -1.00. The van der Waals surface area contributed by atoms with Crippen LogP contribution in [0.1, 0.15) is 37.7 Å². The smallest absolute Gasteiger partial charge is 0.130 e. The molecule has 1 aliphatic heterocycles. The summed E-state index contributed by atoms with van der Waals surface area (Å²) in [6.07, 6.45) is 5.52. The summed E-state index contributed by atoms with van der Waals surface area (Å²) in [7, 11) is 0. The van der Waals surface area contributed by atoms with E-state index in [2.05, 4.69) is 5.32 Å². The van der Waals surface area contributed by atoms with Gasteiger partial charge in [0.15, 0.2) is 0 Å². The number of ether oxygens (including phenoxy) is 1. The van der Waals surface area contributed by atoms with E-state index in [1.807, 2.05) is 0 Å². The Morgan fingerprint density at radius 2 is 2.16 bits per heavy atom. The Balaban J connectivity index is 1.56. The van der Waals surface area contributed by atoms with Crippen molar-refractivity contribution in [2.45, 2.75) is 50.3 Å². The van der Waals surface area contributed by atoms with Gasteiger partial charge in [-0.15, -0.1) is 0 Å². The van der Waals surface area contributed by atoms with Gasteiger partial charge in [-0.05, 0) is 38.2 Å². The number of rotatable bonds is 3. The van der Waals surface area contributed by atoms with Crippen LogP contribution < -0.4 is 5.32 Å². The van der Waals surface area contributed by atoms with Crippen molar-refractivity contribution in [2.75, 3.05) is 6.61 Å². The zero-order valence-electron chi connectivity index (χ0n) is 10.9. The molecule has 2 aliphatic rings. The highest BCUT2D eigenvalue weighted by Gasteiger charge is 2.42. The van der Waals surface area contributed by atoms with Gasteiger partial charge in [-0.1, -0.05) is 6.07 Å². The Morgan fingerprint density at radius 1 is 1.32 bits per heavy atom. The second-order valence-corrected chi connectivity index (χ2v) is 5.69. The largest absolute Gasteiger partial charge is 0.375 e. The third kappa shape index (κ3) is 2.79. The summed E-state index contributed by atoms with van der Waals surface area (Å²) >= 11 is 0. The van der Waals surface area contributed by atoms with Crippen molar-refractivity contribution in [3.05, 3.63) is 35.4 Å². The van der Waals surface area contributed by atoms with E-state index in [4.69, 9.17) is 4.74 Å². The molecule has 3 rings (SSSR count). The predicted octanol–water partition coefficient (Wildman–Crippen LogP) is 3.16. The minimum absolute atomic E-state index is 0.0945. The molecule has 2 nitrogen and oxygen atoms in total. The zero-order chi connectivity index (χ0) is 13.3. The van der Waals surface area contributed by atoms with E-state index in [1.54, 1.807) is 0 Å². The maximum Gasteiger partial charge on any atom is 0.130 e. The highest BCUT2D eigenvalue weighted by molar-refractivity contribution is 5.18. The molecule has 0 bridgehead atoms. The van der Waals surface area contributed by atoms with E-state index < -0.39 is 11.6 Å². The van der Waals surface area contributed by atoms with Crippen LogP contribution in [-0.4, -0.2) is 18.2 Å². The molecule has 1 atom stereocenters. The zero-order valence-corrected chi connectivity index (χ0v) is 10.9. The van der Waals surface area contributed by atoms with E-state index in [9.17, 15) is 8.78 Å². The quantitative estimate of drug-likeness (QED) is 0.908. The lowest BCUT2D eigenvalue weighted by Gasteiger charge is -2.47. The van der Waals surface area contributed by atoms with Crippen LogP contribution in [0.25, 0.3) is 0 Å². The van der Waals surface area contributed by atoms with Gasteiger partial charge in [0.1, 0.15) is 11.6 Å². The topological polar surface area (TPSA) is 21.3 Å². The van der Waals surface area contributed by atoms with Gasteiger partial charge in [0, 0.05) is 30.8 Å². The van der Waals surface area contributed by atoms with Gasteiger partial charge in [-0.25, -0.2) is 8.78 Å². The van der Waals surface area contributed by atoms with Crippen LogP contribution in [0.5, 0.6) is 0 Å². The summed E-state index contributed by atoms with van der Waals surface area (Å²) in [5, 5.41) is 3.38. The molecule has 1 aromatic carbocycles. The lowest BCUT2D eigenvalue weighted by Crippen LogP contribution is -2.50. The van der Waals surface area contributed by atoms with Gasteiger partial charge in [-0.2, -0.15) is 0 Å². The van der Waals surface area contributed by atoms with E-state index in [0.29, 0.717) is 18.2 Å². The highest BCUT2D eigenvalue weighted by atomic mass is 19.1. The van der Waals surface area contributed by atoms with Crippen molar-refractivity contribution in [3.63, 3.8) is 0 Å². The molecule has 0 radical (unpaired) electrons. The monoisotopic (exact) mass is 267 g/mol. The van der Waals surface area contributed by atoms with Crippen LogP contribution in [0, 0.1) is 11.6 Å². The van der Waals surface area contributed by atoms with E-state index in [0.717, 1.165) is 38.4 Å². The van der Waals surface area contributed by atoms with Crippen LogP contribution in [0.3, 0.4) is 0 Å². The van der Waals surface area contributed by atoms with E-state index in [-0.39, 0.29) is 5.60 Å². The fourth-order valence-electron chi connectivity index (χ4n) is 3.04. The lowest BCUT2D eigenvalue weighted by molar-refractivity contribution is -0.135. The third-order valence-electron chi connectivity index (χ3n) is 4.35. The lowest BCUT2D eigenvalue weighted by atomic mass is 9.74. The van der Waals surface area contributed by atoms with Crippen LogP contribution in [-0.2, 0) is 11.3 Å². The molecule has 1 spiro atoms. The number of halogens is 2. The molecule has 104 valence electrons. The summed E-state index contributed by atoms with van der Waals surface area (Å²) in [6.45, 7) is 1.23. The summed E-state index contributed by atoms with van der Waals surface area (Å²) in [5.41, 5.74) is 0.618. The van der Waals surface area contributed by atoms with Crippen molar-refractivity contribution in [2.24, 2.45) is 0 Å². The highest BCUT2D eigenvalue weighted by Crippen LogP contribution is 2.42. The van der Waals surface area contributed by atoms with Crippen LogP contribution >= 0.6 is 0 Å². The maximum absolute atomic E-state index is 13.5. The molecule has 1 aromatic rings. The fourth-order valence-corrected chi connectivity index (χ4v) is 3.04. The molecule has 0 aromatic heterocycles. The first-order valence-corrected chi connectivity index (χ1v) is 6.98. The molecule has 1 N–H and O–H groups in total. The van der Waals surface area contributed by atoms with E-state index >= 15 is 0 Å². The molecule has 1 heterocycles. The SMILES string of the molecule is Fc1ccc(CNC2CCOC3(CCC3)C2)c(F)c1. The second kappa shape index (κ2) is 5.17. The minimum atomic E-state index is -0.527. The standard InChI is InChI=1S/C15H19F2NO/c16-12-3-2-11(14(17)8-12)10-18-13-4-7-19-15(9-13)5-1-6-15/h2-3,8,13,18H,1,4-7,9-10H2. The van der Waals surface area contributed by atoms with Crippen molar-refractivity contribution in [1.82, 2.24) is 5.32 Å². The first kappa shape index (κ1) is 13.0. The summed E-state index contributed by atoms with van der Waals surface area (Å²) in [6, 6.07) is 4.13. The molecule has 4 heteroatoms. The van der Waals surface area contributed by atoms with Crippen LogP contribution in [0.2, 0.25) is 0 Å².